The normalized spacial score (nSPS) is 38.3. The van der Waals surface area contributed by atoms with Gasteiger partial charge in [-0.25, -0.2) is 0 Å². The average Bonchev–Trinajstić information content (AvgIpc) is 2.77. The van der Waals surface area contributed by atoms with Crippen molar-refractivity contribution in [3.63, 3.8) is 0 Å². The van der Waals surface area contributed by atoms with Gasteiger partial charge >= 0.3 is 17.1 Å². The van der Waals surface area contributed by atoms with Crippen molar-refractivity contribution in [3.8, 4) is 0 Å². The first-order valence-corrected chi connectivity index (χ1v) is 14.5. The van der Waals surface area contributed by atoms with E-state index in [1.807, 2.05) is 0 Å². The monoisotopic (exact) mass is 412 g/mol. The molecule has 2 unspecified atom stereocenters. The second-order valence-corrected chi connectivity index (χ2v) is 18.5. The van der Waals surface area contributed by atoms with E-state index in [1.54, 1.807) is 0 Å². The van der Waals surface area contributed by atoms with Crippen LogP contribution in [0.25, 0.3) is 0 Å². The van der Waals surface area contributed by atoms with Crippen LogP contribution in [0.1, 0.15) is 61.8 Å². The van der Waals surface area contributed by atoms with Crippen LogP contribution in [-0.4, -0.2) is 62.0 Å². The second-order valence-electron chi connectivity index (χ2n) is 9.66. The molecule has 0 saturated carbocycles. The Morgan fingerprint density at radius 3 is 1.81 bits per heavy atom. The molecule has 3 aliphatic rings. The lowest BCUT2D eigenvalue weighted by molar-refractivity contribution is -0.194. The third kappa shape index (κ3) is 3.23. The molecule has 0 aromatic carbocycles. The molecule has 3 saturated heterocycles. The van der Waals surface area contributed by atoms with Crippen LogP contribution in [0.2, 0.25) is 22.2 Å². The summed E-state index contributed by atoms with van der Waals surface area (Å²) in [6.07, 6.45) is 0.453. The minimum absolute atomic E-state index is 0.196. The Hall–Kier alpha value is 0.299. The van der Waals surface area contributed by atoms with E-state index in [4.69, 9.17) is 30.3 Å². The molecule has 3 rings (SSSR count). The third-order valence-corrected chi connectivity index (χ3v) is 17.0. The number of fused-ring (bicyclic) bond motifs is 2. The van der Waals surface area contributed by atoms with Gasteiger partial charge in [0.2, 0.25) is 0 Å². The summed E-state index contributed by atoms with van der Waals surface area (Å²) in [4.78, 5) is 0. The number of rotatable bonds is 4. The predicted octanol–water partition coefficient (Wildman–Crippen LogP) is 4.00. The van der Waals surface area contributed by atoms with Crippen molar-refractivity contribution in [1.82, 2.24) is 0 Å². The molecular formula is C19H37BO5Si2. The Morgan fingerprint density at radius 2 is 1.41 bits per heavy atom. The summed E-state index contributed by atoms with van der Waals surface area (Å²) in [5.74, 6) is 0. The van der Waals surface area contributed by atoms with E-state index < -0.39 is 28.7 Å². The molecule has 3 fully saturated rings. The predicted molar refractivity (Wildman–Crippen MR) is 112 cm³/mol. The van der Waals surface area contributed by atoms with E-state index in [9.17, 15) is 0 Å². The maximum Gasteiger partial charge on any atom is 0.335 e. The molecule has 154 valence electrons. The number of ether oxygens (including phenoxy) is 2. The molecule has 5 nitrogen and oxygen atoms in total. The fourth-order valence-corrected chi connectivity index (χ4v) is 16.3. The Balaban J connectivity index is 2.07. The summed E-state index contributed by atoms with van der Waals surface area (Å²) in [5.41, 5.74) is 0.685. The standard InChI is InChI=1S/C19H37BO5Si2/c1-12(2)26(13(3)4)22-11-16-17(19(9-10-21-19)18(20)23-16)24-27(25-26,14(5)6)15(7)8/h12-18H,9-11H2,1-8H3/t16?,17-,18?,19+/m1/s1. The molecule has 0 bridgehead atoms. The van der Waals surface area contributed by atoms with Crippen molar-refractivity contribution in [2.24, 2.45) is 0 Å². The lowest BCUT2D eigenvalue weighted by atomic mass is 9.75. The van der Waals surface area contributed by atoms with Gasteiger partial charge in [-0.05, 0) is 22.2 Å². The molecule has 8 heteroatoms. The van der Waals surface area contributed by atoms with Gasteiger partial charge in [-0.15, -0.1) is 0 Å². The summed E-state index contributed by atoms with van der Waals surface area (Å²) in [7, 11) is 1.20. The smallest absolute Gasteiger partial charge is 0.335 e. The highest BCUT2D eigenvalue weighted by Gasteiger charge is 2.66. The van der Waals surface area contributed by atoms with Crippen LogP contribution in [0.3, 0.4) is 0 Å². The van der Waals surface area contributed by atoms with Crippen molar-refractivity contribution in [1.29, 1.82) is 0 Å². The fourth-order valence-electron chi connectivity index (χ4n) is 5.06. The SMILES string of the molecule is [B]C1OC2CO[Si](C(C)C)(C(C)C)O[Si](C(C)C)(C(C)C)O[C@H]2[C@@]12CCO2. The van der Waals surface area contributed by atoms with Gasteiger partial charge in [-0.1, -0.05) is 55.4 Å². The zero-order valence-corrected chi connectivity index (χ0v) is 20.3. The maximum atomic E-state index is 7.20. The largest absolute Gasteiger partial charge is 0.414 e. The van der Waals surface area contributed by atoms with Gasteiger partial charge < -0.3 is 22.4 Å². The van der Waals surface area contributed by atoms with E-state index in [0.717, 1.165) is 6.42 Å². The number of hydrogen-bond donors (Lipinski definition) is 0. The summed E-state index contributed by atoms with van der Waals surface area (Å²) in [5, 5.41) is 0. The topological polar surface area (TPSA) is 46.2 Å². The molecule has 3 heterocycles. The summed E-state index contributed by atoms with van der Waals surface area (Å²) in [6.45, 7) is 19.0. The van der Waals surface area contributed by atoms with Crippen LogP contribution in [0.15, 0.2) is 0 Å². The van der Waals surface area contributed by atoms with Crippen molar-refractivity contribution in [3.05, 3.63) is 0 Å². The number of hydrogen-bond acceptors (Lipinski definition) is 5. The van der Waals surface area contributed by atoms with E-state index >= 15 is 0 Å². The lowest BCUT2D eigenvalue weighted by Gasteiger charge is -2.54. The summed E-state index contributed by atoms with van der Waals surface area (Å²) in [6, 6.07) is -0.469. The van der Waals surface area contributed by atoms with Crippen molar-refractivity contribution in [2.45, 2.75) is 108 Å². The molecule has 3 aliphatic heterocycles. The molecule has 2 radical (unpaired) electrons. The lowest BCUT2D eigenvalue weighted by Crippen LogP contribution is -2.69. The quantitative estimate of drug-likeness (QED) is 0.654. The van der Waals surface area contributed by atoms with Crippen molar-refractivity contribution in [2.75, 3.05) is 13.2 Å². The van der Waals surface area contributed by atoms with Crippen LogP contribution >= 0.6 is 0 Å². The highest BCUT2D eigenvalue weighted by atomic mass is 28.5. The molecule has 1 spiro atoms. The molecule has 0 amide bonds. The third-order valence-electron chi connectivity index (χ3n) is 6.81. The minimum atomic E-state index is -2.65. The van der Waals surface area contributed by atoms with E-state index in [2.05, 4.69) is 55.4 Å². The van der Waals surface area contributed by atoms with E-state index in [0.29, 0.717) is 24.3 Å². The highest BCUT2D eigenvalue weighted by molar-refractivity contribution is 6.84. The van der Waals surface area contributed by atoms with Crippen LogP contribution in [-0.2, 0) is 22.4 Å². The molecule has 0 aromatic rings. The van der Waals surface area contributed by atoms with Crippen LogP contribution < -0.4 is 0 Å². The average molecular weight is 412 g/mol. The van der Waals surface area contributed by atoms with Crippen LogP contribution in [0, 0.1) is 0 Å². The first kappa shape index (κ1) is 22.0. The van der Waals surface area contributed by atoms with Gasteiger partial charge in [0.05, 0.1) is 13.2 Å². The van der Waals surface area contributed by atoms with Crippen LogP contribution in [0.4, 0.5) is 0 Å². The van der Waals surface area contributed by atoms with E-state index in [1.165, 1.54) is 0 Å². The Labute approximate surface area is 168 Å². The van der Waals surface area contributed by atoms with Gasteiger partial charge in [-0.2, -0.15) is 0 Å². The second kappa shape index (κ2) is 7.52. The first-order valence-electron chi connectivity index (χ1n) is 10.6. The van der Waals surface area contributed by atoms with Gasteiger partial charge in [0.1, 0.15) is 25.7 Å². The fraction of sp³-hybridized carbons (Fsp3) is 1.00. The van der Waals surface area contributed by atoms with Gasteiger partial charge in [0.25, 0.3) is 0 Å². The summed E-state index contributed by atoms with van der Waals surface area (Å²) < 4.78 is 33.1. The van der Waals surface area contributed by atoms with Gasteiger partial charge in [-0.3, -0.25) is 0 Å². The molecule has 4 atom stereocenters. The Kier molecular flexibility index (Phi) is 6.13. The van der Waals surface area contributed by atoms with Crippen molar-refractivity contribution >= 4 is 25.0 Å². The molecule has 0 aliphatic carbocycles. The zero-order chi connectivity index (χ0) is 20.2. The molecular weight excluding hydrogens is 375 g/mol. The van der Waals surface area contributed by atoms with Crippen molar-refractivity contribution < 1.29 is 22.4 Å². The van der Waals surface area contributed by atoms with Gasteiger partial charge in [0, 0.05) is 12.4 Å². The Bertz CT molecular complexity index is 522. The highest BCUT2D eigenvalue weighted by Crippen LogP contribution is 2.51. The molecule has 0 aromatic heterocycles. The zero-order valence-electron chi connectivity index (χ0n) is 18.3. The minimum Gasteiger partial charge on any atom is -0.414 e. The summed E-state index contributed by atoms with van der Waals surface area (Å²) >= 11 is 0. The van der Waals surface area contributed by atoms with Gasteiger partial charge in [0.15, 0.2) is 0 Å². The first-order chi connectivity index (χ1) is 12.5. The molecule has 27 heavy (non-hydrogen) atoms. The Morgan fingerprint density at radius 1 is 0.889 bits per heavy atom. The van der Waals surface area contributed by atoms with E-state index in [-0.39, 0.29) is 23.3 Å². The van der Waals surface area contributed by atoms with Crippen LogP contribution in [0.5, 0.6) is 0 Å². The molecule has 0 N–H and O–H groups in total. The maximum absolute atomic E-state index is 7.20.